The van der Waals surface area contributed by atoms with Gasteiger partial charge in [-0.25, -0.2) is 9.97 Å². The number of hydrogen-bond donors (Lipinski definition) is 1. The van der Waals surface area contributed by atoms with Crippen molar-refractivity contribution in [3.63, 3.8) is 0 Å². The van der Waals surface area contributed by atoms with Crippen LogP contribution >= 0.6 is 0 Å². The largest absolute Gasteiger partial charge is 0.338 e. The van der Waals surface area contributed by atoms with Gasteiger partial charge in [0.05, 0.1) is 11.7 Å². The highest BCUT2D eigenvalue weighted by molar-refractivity contribution is 5.31. The quantitative estimate of drug-likeness (QED) is 0.840. The zero-order chi connectivity index (χ0) is 16.9. The molecule has 0 saturated carbocycles. The van der Waals surface area contributed by atoms with E-state index in [0.29, 0.717) is 12.4 Å². The lowest BCUT2D eigenvalue weighted by Crippen LogP contribution is -2.45. The zero-order valence-corrected chi connectivity index (χ0v) is 14.6. The normalized spacial score (nSPS) is 17.2. The van der Waals surface area contributed by atoms with Crippen molar-refractivity contribution in [1.29, 1.82) is 0 Å². The van der Waals surface area contributed by atoms with Crippen molar-refractivity contribution in [3.8, 4) is 0 Å². The van der Waals surface area contributed by atoms with Gasteiger partial charge in [-0.2, -0.15) is 4.98 Å². The molecule has 1 aliphatic rings. The average Bonchev–Trinajstić information content (AvgIpc) is 3.10. The van der Waals surface area contributed by atoms with Crippen molar-refractivity contribution in [2.75, 3.05) is 38.1 Å². The highest BCUT2D eigenvalue weighted by Gasteiger charge is 2.17. The smallest absolute Gasteiger partial charge is 0.243 e. The molecule has 0 bridgehead atoms. The van der Waals surface area contributed by atoms with Crippen LogP contribution in [0.2, 0.25) is 0 Å². The van der Waals surface area contributed by atoms with Crippen LogP contribution in [-0.4, -0.2) is 58.2 Å². The molecule has 1 unspecified atom stereocenters. The summed E-state index contributed by atoms with van der Waals surface area (Å²) < 4.78 is 5.27. The Labute approximate surface area is 142 Å². The van der Waals surface area contributed by atoms with Crippen LogP contribution in [0.3, 0.4) is 0 Å². The molecule has 2 aromatic heterocycles. The first-order valence-electron chi connectivity index (χ1n) is 8.47. The van der Waals surface area contributed by atoms with Crippen molar-refractivity contribution >= 4 is 5.95 Å². The minimum absolute atomic E-state index is 0.0140. The summed E-state index contributed by atoms with van der Waals surface area (Å²) in [4.78, 5) is 18.0. The van der Waals surface area contributed by atoms with Crippen LogP contribution in [0.4, 0.5) is 5.95 Å². The molecule has 0 amide bonds. The Kier molecular flexibility index (Phi) is 5.37. The number of likely N-dealkylation sites (N-methyl/N-ethyl adjacent to an activating group) is 1. The van der Waals surface area contributed by atoms with E-state index in [1.165, 1.54) is 0 Å². The summed E-state index contributed by atoms with van der Waals surface area (Å²) in [7, 11) is 2.14. The number of rotatable bonds is 6. The molecule has 8 heteroatoms. The molecule has 1 fully saturated rings. The standard InChI is InChI=1S/C16H25N7O/c1-4-14-20-15(24-21-14)12(2)18-11-13-5-6-17-16(19-13)23-9-7-22(3)8-10-23/h5-6,12,18H,4,7-11H2,1-3H3. The second-order valence-electron chi connectivity index (χ2n) is 6.14. The van der Waals surface area contributed by atoms with Gasteiger partial charge in [0, 0.05) is 45.3 Å². The molecule has 0 aliphatic carbocycles. The first kappa shape index (κ1) is 16.8. The van der Waals surface area contributed by atoms with E-state index in [-0.39, 0.29) is 6.04 Å². The molecule has 1 aliphatic heterocycles. The van der Waals surface area contributed by atoms with E-state index in [0.717, 1.165) is 50.1 Å². The lowest BCUT2D eigenvalue weighted by atomic mass is 10.3. The van der Waals surface area contributed by atoms with Gasteiger partial charge in [-0.15, -0.1) is 0 Å². The van der Waals surface area contributed by atoms with Crippen LogP contribution in [0.15, 0.2) is 16.8 Å². The van der Waals surface area contributed by atoms with Gasteiger partial charge in [0.2, 0.25) is 11.8 Å². The van der Waals surface area contributed by atoms with E-state index in [9.17, 15) is 0 Å². The van der Waals surface area contributed by atoms with Gasteiger partial charge in [0.25, 0.3) is 0 Å². The number of anilines is 1. The number of aryl methyl sites for hydroxylation is 1. The first-order chi connectivity index (χ1) is 11.7. The summed E-state index contributed by atoms with van der Waals surface area (Å²) >= 11 is 0. The Balaban J connectivity index is 1.58. The fourth-order valence-electron chi connectivity index (χ4n) is 2.57. The Morgan fingerprint density at radius 1 is 1.25 bits per heavy atom. The molecular formula is C16H25N7O. The van der Waals surface area contributed by atoms with Gasteiger partial charge < -0.3 is 19.6 Å². The molecule has 0 spiro atoms. The highest BCUT2D eigenvalue weighted by atomic mass is 16.5. The molecule has 0 aromatic carbocycles. The highest BCUT2D eigenvalue weighted by Crippen LogP contribution is 2.13. The number of nitrogens with zero attached hydrogens (tertiary/aromatic N) is 6. The second kappa shape index (κ2) is 7.67. The molecule has 24 heavy (non-hydrogen) atoms. The van der Waals surface area contributed by atoms with Crippen LogP contribution in [0.25, 0.3) is 0 Å². The summed E-state index contributed by atoms with van der Waals surface area (Å²) in [6.45, 7) is 8.66. The van der Waals surface area contributed by atoms with Gasteiger partial charge >= 0.3 is 0 Å². The molecule has 3 rings (SSSR count). The maximum absolute atomic E-state index is 5.27. The van der Waals surface area contributed by atoms with Gasteiger partial charge in [0.15, 0.2) is 5.82 Å². The molecule has 1 N–H and O–H groups in total. The second-order valence-corrected chi connectivity index (χ2v) is 6.14. The summed E-state index contributed by atoms with van der Waals surface area (Å²) in [5.74, 6) is 2.15. The third kappa shape index (κ3) is 4.07. The number of hydrogen-bond acceptors (Lipinski definition) is 8. The molecule has 0 radical (unpaired) electrons. The van der Waals surface area contributed by atoms with Gasteiger partial charge in [-0.3, -0.25) is 0 Å². The van der Waals surface area contributed by atoms with Crippen LogP contribution < -0.4 is 10.2 Å². The Morgan fingerprint density at radius 3 is 2.75 bits per heavy atom. The van der Waals surface area contributed by atoms with E-state index in [1.807, 2.05) is 26.1 Å². The van der Waals surface area contributed by atoms with Crippen molar-refractivity contribution in [2.24, 2.45) is 0 Å². The maximum atomic E-state index is 5.27. The van der Waals surface area contributed by atoms with E-state index in [2.05, 4.69) is 42.3 Å². The molecule has 3 heterocycles. The summed E-state index contributed by atoms with van der Waals surface area (Å²) in [5, 5.41) is 7.31. The topological polar surface area (TPSA) is 83.2 Å². The number of aromatic nitrogens is 4. The van der Waals surface area contributed by atoms with Crippen molar-refractivity contribution in [2.45, 2.75) is 32.9 Å². The fourth-order valence-corrected chi connectivity index (χ4v) is 2.57. The maximum Gasteiger partial charge on any atom is 0.243 e. The fraction of sp³-hybridized carbons (Fsp3) is 0.625. The Bertz CT molecular complexity index is 651. The number of nitrogens with one attached hydrogen (secondary N) is 1. The summed E-state index contributed by atoms with van der Waals surface area (Å²) in [6.07, 6.45) is 2.60. The molecule has 8 nitrogen and oxygen atoms in total. The van der Waals surface area contributed by atoms with E-state index < -0.39 is 0 Å². The Hall–Kier alpha value is -2.06. The van der Waals surface area contributed by atoms with Crippen LogP contribution in [0, 0.1) is 0 Å². The van der Waals surface area contributed by atoms with E-state index in [4.69, 9.17) is 4.52 Å². The molecule has 130 valence electrons. The third-order valence-electron chi connectivity index (χ3n) is 4.25. The summed E-state index contributed by atoms with van der Waals surface area (Å²) in [5.41, 5.74) is 0.959. The monoisotopic (exact) mass is 331 g/mol. The van der Waals surface area contributed by atoms with Gasteiger partial charge in [-0.1, -0.05) is 12.1 Å². The predicted octanol–water partition coefficient (Wildman–Crippen LogP) is 1.02. The SMILES string of the molecule is CCc1noc(C(C)NCc2ccnc(N3CCN(C)CC3)n2)n1. The summed E-state index contributed by atoms with van der Waals surface area (Å²) in [6, 6.07) is 1.92. The average molecular weight is 331 g/mol. The van der Waals surface area contributed by atoms with E-state index in [1.54, 1.807) is 0 Å². The lowest BCUT2D eigenvalue weighted by Gasteiger charge is -2.32. The lowest BCUT2D eigenvalue weighted by molar-refractivity contribution is 0.311. The third-order valence-corrected chi connectivity index (χ3v) is 4.25. The van der Waals surface area contributed by atoms with Crippen molar-refractivity contribution in [3.05, 3.63) is 29.7 Å². The van der Waals surface area contributed by atoms with Crippen LogP contribution in [0.1, 0.15) is 37.3 Å². The number of piperazine rings is 1. The molecule has 1 atom stereocenters. The van der Waals surface area contributed by atoms with Gasteiger partial charge in [-0.05, 0) is 20.0 Å². The van der Waals surface area contributed by atoms with Gasteiger partial charge in [0.1, 0.15) is 0 Å². The molecule has 2 aromatic rings. The first-order valence-corrected chi connectivity index (χ1v) is 8.47. The minimum Gasteiger partial charge on any atom is -0.338 e. The van der Waals surface area contributed by atoms with Crippen molar-refractivity contribution in [1.82, 2.24) is 30.3 Å². The van der Waals surface area contributed by atoms with E-state index >= 15 is 0 Å². The Morgan fingerprint density at radius 2 is 2.04 bits per heavy atom. The zero-order valence-electron chi connectivity index (χ0n) is 14.6. The van der Waals surface area contributed by atoms with Crippen LogP contribution in [0.5, 0.6) is 0 Å². The molecule has 1 saturated heterocycles. The molecular weight excluding hydrogens is 306 g/mol. The predicted molar refractivity (Wildman–Crippen MR) is 90.7 cm³/mol. The minimum atomic E-state index is -0.0140. The van der Waals surface area contributed by atoms with Crippen LogP contribution in [-0.2, 0) is 13.0 Å². The van der Waals surface area contributed by atoms with Crippen molar-refractivity contribution < 1.29 is 4.52 Å².